The van der Waals surface area contributed by atoms with Crippen LogP contribution in [0.3, 0.4) is 0 Å². The van der Waals surface area contributed by atoms with Gasteiger partial charge in [-0.25, -0.2) is 4.57 Å². The van der Waals surface area contributed by atoms with Crippen LogP contribution in [-0.2, 0) is 4.57 Å². The van der Waals surface area contributed by atoms with Crippen molar-refractivity contribution < 1.29 is 23.8 Å². The number of phenolic OH excluding ortho intramolecular Hbond substituents is 2. The summed E-state index contributed by atoms with van der Waals surface area (Å²) in [5.41, 5.74) is 0. The van der Waals surface area contributed by atoms with Gasteiger partial charge in [-0.3, -0.25) is 0 Å². The van der Waals surface area contributed by atoms with Crippen LogP contribution in [-0.4, -0.2) is 10.2 Å². The van der Waals surface area contributed by atoms with E-state index in [0.29, 0.717) is 16.8 Å². The monoisotopic (exact) mass is 342 g/mol. The molecule has 0 bridgehead atoms. The quantitative estimate of drug-likeness (QED) is 0.684. The average Bonchev–Trinajstić information content (AvgIpc) is 2.60. The Morgan fingerprint density at radius 1 is 0.625 bits per heavy atom. The Morgan fingerprint density at radius 2 is 1.04 bits per heavy atom. The molecule has 2 N–H and O–H groups in total. The summed E-state index contributed by atoms with van der Waals surface area (Å²) in [5, 5.41) is 19.1. The Bertz CT molecular complexity index is 793. The minimum Gasteiger partial charge on any atom is -0.508 e. The first-order chi connectivity index (χ1) is 11.5. The van der Waals surface area contributed by atoms with E-state index in [1.807, 2.05) is 0 Å². The van der Waals surface area contributed by atoms with Gasteiger partial charge < -0.3 is 19.3 Å². The van der Waals surface area contributed by atoms with E-state index < -0.39 is 7.60 Å². The molecule has 5 nitrogen and oxygen atoms in total. The molecule has 122 valence electrons. The highest BCUT2D eigenvalue weighted by molar-refractivity contribution is 7.63. The van der Waals surface area contributed by atoms with Crippen LogP contribution in [0.25, 0.3) is 0 Å². The van der Waals surface area contributed by atoms with Gasteiger partial charge in [-0.15, -0.1) is 0 Å². The van der Waals surface area contributed by atoms with Gasteiger partial charge in [0.05, 0.1) is 5.30 Å². The number of hydrogen-bond acceptors (Lipinski definition) is 5. The highest BCUT2D eigenvalue weighted by Gasteiger charge is 2.31. The van der Waals surface area contributed by atoms with Gasteiger partial charge in [0, 0.05) is 0 Å². The number of benzene rings is 3. The van der Waals surface area contributed by atoms with Crippen molar-refractivity contribution in [3.05, 3.63) is 78.9 Å². The Balaban J connectivity index is 1.95. The molecule has 0 amide bonds. The fraction of sp³-hybridized carbons (Fsp3) is 0. The Labute approximate surface area is 139 Å². The van der Waals surface area contributed by atoms with Crippen LogP contribution in [0.15, 0.2) is 78.9 Å². The van der Waals surface area contributed by atoms with Crippen molar-refractivity contribution in [1.82, 2.24) is 0 Å². The molecule has 3 aromatic carbocycles. The highest BCUT2D eigenvalue weighted by atomic mass is 31.2. The zero-order valence-corrected chi connectivity index (χ0v) is 13.5. The van der Waals surface area contributed by atoms with E-state index in [-0.39, 0.29) is 11.5 Å². The summed E-state index contributed by atoms with van der Waals surface area (Å²) in [4.78, 5) is 0. The second-order valence-electron chi connectivity index (χ2n) is 5.00. The number of hydrogen-bond donors (Lipinski definition) is 2. The van der Waals surface area contributed by atoms with E-state index in [0.717, 1.165) is 0 Å². The van der Waals surface area contributed by atoms with Crippen molar-refractivity contribution in [2.75, 3.05) is 0 Å². The summed E-state index contributed by atoms with van der Waals surface area (Å²) in [6, 6.07) is 20.3. The average molecular weight is 342 g/mol. The summed E-state index contributed by atoms with van der Waals surface area (Å²) < 4.78 is 24.6. The third-order valence-electron chi connectivity index (χ3n) is 3.20. The standard InChI is InChI=1S/C18H15O5P/c19-14-6-10-16(11-7-14)22-24(21,18-4-2-1-3-5-18)23-17-12-8-15(20)9-13-17/h1-13,19-20H. The molecule has 0 radical (unpaired) electrons. The maximum Gasteiger partial charge on any atom is 0.462 e. The molecule has 6 heteroatoms. The van der Waals surface area contributed by atoms with E-state index >= 15 is 0 Å². The maximum atomic E-state index is 13.4. The summed E-state index contributed by atoms with van der Waals surface area (Å²) in [7, 11) is -3.71. The molecule has 0 saturated heterocycles. The Morgan fingerprint density at radius 3 is 1.46 bits per heavy atom. The first-order valence-corrected chi connectivity index (χ1v) is 8.72. The molecular formula is C18H15O5P. The van der Waals surface area contributed by atoms with Gasteiger partial charge in [0.15, 0.2) is 0 Å². The molecule has 0 saturated carbocycles. The van der Waals surface area contributed by atoms with Crippen LogP contribution in [0, 0.1) is 0 Å². The van der Waals surface area contributed by atoms with Gasteiger partial charge in [0.1, 0.15) is 23.0 Å². The fourth-order valence-electron chi connectivity index (χ4n) is 2.03. The first-order valence-electron chi connectivity index (χ1n) is 7.18. The summed E-state index contributed by atoms with van der Waals surface area (Å²) in [6.45, 7) is 0. The lowest BCUT2D eigenvalue weighted by Gasteiger charge is -2.20. The van der Waals surface area contributed by atoms with E-state index in [1.165, 1.54) is 48.5 Å². The molecule has 3 aromatic rings. The number of aromatic hydroxyl groups is 2. The van der Waals surface area contributed by atoms with Crippen molar-refractivity contribution in [2.24, 2.45) is 0 Å². The lowest BCUT2D eigenvalue weighted by molar-refractivity contribution is 0.397. The third kappa shape index (κ3) is 3.70. The summed E-state index contributed by atoms with van der Waals surface area (Å²) >= 11 is 0. The van der Waals surface area contributed by atoms with Crippen molar-refractivity contribution in [1.29, 1.82) is 0 Å². The lowest BCUT2D eigenvalue weighted by atomic mass is 10.3. The van der Waals surface area contributed by atoms with Crippen molar-refractivity contribution in [3.8, 4) is 23.0 Å². The third-order valence-corrected chi connectivity index (χ3v) is 5.03. The van der Waals surface area contributed by atoms with Gasteiger partial charge in [-0.1, -0.05) is 18.2 Å². The van der Waals surface area contributed by atoms with Gasteiger partial charge in [-0.05, 0) is 60.7 Å². The SMILES string of the molecule is O=P(Oc1ccc(O)cc1)(Oc1ccc(O)cc1)c1ccccc1. The smallest absolute Gasteiger partial charge is 0.462 e. The van der Waals surface area contributed by atoms with Crippen LogP contribution in [0.4, 0.5) is 0 Å². The largest absolute Gasteiger partial charge is 0.508 e. The minimum atomic E-state index is -3.71. The normalized spacial score (nSPS) is 11.0. The van der Waals surface area contributed by atoms with Crippen LogP contribution in [0.2, 0.25) is 0 Å². The first kappa shape index (κ1) is 16.0. The zero-order valence-electron chi connectivity index (χ0n) is 12.6. The van der Waals surface area contributed by atoms with Crippen LogP contribution in [0.5, 0.6) is 23.0 Å². The van der Waals surface area contributed by atoms with E-state index in [1.54, 1.807) is 30.3 Å². The van der Waals surface area contributed by atoms with E-state index in [9.17, 15) is 14.8 Å². The predicted molar refractivity (Wildman–Crippen MR) is 91.2 cm³/mol. The molecule has 3 rings (SSSR count). The molecule has 0 aliphatic rings. The molecule has 24 heavy (non-hydrogen) atoms. The number of rotatable bonds is 5. The van der Waals surface area contributed by atoms with Crippen LogP contribution in [0.1, 0.15) is 0 Å². The van der Waals surface area contributed by atoms with Crippen molar-refractivity contribution in [2.45, 2.75) is 0 Å². The topological polar surface area (TPSA) is 76.0 Å². The van der Waals surface area contributed by atoms with Crippen molar-refractivity contribution >= 4 is 12.9 Å². The summed E-state index contributed by atoms with van der Waals surface area (Å²) in [6.07, 6.45) is 0. The Hall–Kier alpha value is -2.91. The predicted octanol–water partition coefficient (Wildman–Crippen LogP) is 4.07. The number of phenols is 2. The van der Waals surface area contributed by atoms with Gasteiger partial charge in [-0.2, -0.15) is 0 Å². The van der Waals surface area contributed by atoms with Gasteiger partial charge in [0.2, 0.25) is 0 Å². The van der Waals surface area contributed by atoms with Gasteiger partial charge >= 0.3 is 7.60 Å². The zero-order chi connectivity index (χ0) is 17.0. The second kappa shape index (κ2) is 6.69. The molecule has 0 atom stereocenters. The van der Waals surface area contributed by atoms with E-state index in [2.05, 4.69) is 0 Å². The summed E-state index contributed by atoms with van der Waals surface area (Å²) in [5.74, 6) is 0.769. The van der Waals surface area contributed by atoms with E-state index in [4.69, 9.17) is 9.05 Å². The van der Waals surface area contributed by atoms with Crippen LogP contribution < -0.4 is 14.4 Å². The van der Waals surface area contributed by atoms with Gasteiger partial charge in [0.25, 0.3) is 0 Å². The maximum absolute atomic E-state index is 13.4. The lowest BCUT2D eigenvalue weighted by Crippen LogP contribution is -2.14. The van der Waals surface area contributed by atoms with Crippen molar-refractivity contribution in [3.63, 3.8) is 0 Å². The second-order valence-corrected chi connectivity index (χ2v) is 6.88. The molecule has 0 fully saturated rings. The minimum absolute atomic E-state index is 0.0800. The molecule has 0 spiro atoms. The van der Waals surface area contributed by atoms with Crippen LogP contribution >= 0.6 is 7.60 Å². The molecule has 0 aliphatic carbocycles. The highest BCUT2D eigenvalue weighted by Crippen LogP contribution is 2.47. The molecule has 0 aromatic heterocycles. The Kier molecular flexibility index (Phi) is 4.45. The molecule has 0 heterocycles. The molecular weight excluding hydrogens is 327 g/mol. The molecule has 0 aliphatic heterocycles. The fourth-order valence-corrected chi connectivity index (χ4v) is 3.61. The molecule has 0 unspecified atom stereocenters.